The van der Waals surface area contributed by atoms with E-state index in [2.05, 4.69) is 5.32 Å². The van der Waals surface area contributed by atoms with Crippen molar-refractivity contribution in [3.63, 3.8) is 0 Å². The first-order chi connectivity index (χ1) is 13.9. The van der Waals surface area contributed by atoms with Gasteiger partial charge in [0.15, 0.2) is 0 Å². The van der Waals surface area contributed by atoms with Crippen LogP contribution in [0, 0.1) is 17.7 Å². The molecule has 1 N–H and O–H groups in total. The monoisotopic (exact) mass is 396 g/mol. The van der Waals surface area contributed by atoms with Gasteiger partial charge in [-0.15, -0.1) is 0 Å². The number of halogens is 1. The highest BCUT2D eigenvalue weighted by atomic mass is 19.1. The number of benzene rings is 2. The third kappa shape index (κ3) is 2.84. The second-order valence-electron chi connectivity index (χ2n) is 7.42. The molecule has 7 heteroatoms. The van der Waals surface area contributed by atoms with E-state index in [9.17, 15) is 18.8 Å². The Balaban J connectivity index is 1.84. The summed E-state index contributed by atoms with van der Waals surface area (Å²) >= 11 is 0. The highest BCUT2D eigenvalue weighted by Crippen LogP contribution is 2.50. The second kappa shape index (κ2) is 7.08. The minimum Gasteiger partial charge on any atom is -0.465 e. The van der Waals surface area contributed by atoms with Gasteiger partial charge >= 0.3 is 5.97 Å². The Kier molecular flexibility index (Phi) is 4.70. The van der Waals surface area contributed by atoms with Gasteiger partial charge in [0.05, 0.1) is 24.1 Å². The summed E-state index contributed by atoms with van der Waals surface area (Å²) in [7, 11) is 0. The van der Waals surface area contributed by atoms with E-state index in [0.717, 1.165) is 4.90 Å². The number of rotatable bonds is 4. The number of amides is 2. The molecule has 2 aromatic carbocycles. The summed E-state index contributed by atoms with van der Waals surface area (Å²) in [6.07, 6.45) is 0. The molecule has 4 atom stereocenters. The highest BCUT2D eigenvalue weighted by Gasteiger charge is 2.67. The predicted molar refractivity (Wildman–Crippen MR) is 103 cm³/mol. The summed E-state index contributed by atoms with van der Waals surface area (Å²) < 4.78 is 19.8. The molecule has 2 aromatic rings. The van der Waals surface area contributed by atoms with Crippen molar-refractivity contribution in [2.45, 2.75) is 25.4 Å². The van der Waals surface area contributed by atoms with Crippen molar-refractivity contribution in [2.75, 3.05) is 11.5 Å². The summed E-state index contributed by atoms with van der Waals surface area (Å²) in [5, 5.41) is 3.06. The molecule has 0 radical (unpaired) electrons. The van der Waals surface area contributed by atoms with Crippen LogP contribution in [0.5, 0.6) is 0 Å². The van der Waals surface area contributed by atoms with Crippen LogP contribution >= 0.6 is 0 Å². The van der Waals surface area contributed by atoms with E-state index in [4.69, 9.17) is 4.74 Å². The number of carbonyl (C=O) groups excluding carboxylic acids is 3. The van der Waals surface area contributed by atoms with Crippen LogP contribution in [0.2, 0.25) is 0 Å². The molecule has 2 aliphatic rings. The molecule has 0 unspecified atom stereocenters. The van der Waals surface area contributed by atoms with E-state index in [1.165, 1.54) is 6.07 Å². The van der Waals surface area contributed by atoms with Gasteiger partial charge in [0, 0.05) is 11.6 Å². The van der Waals surface area contributed by atoms with E-state index in [-0.39, 0.29) is 12.2 Å². The third-order valence-corrected chi connectivity index (χ3v) is 5.74. The maximum absolute atomic E-state index is 14.6. The number of hydrogen-bond donors (Lipinski definition) is 1. The number of nitrogens with zero attached hydrogens (tertiary/aromatic N) is 1. The van der Waals surface area contributed by atoms with Crippen molar-refractivity contribution in [3.8, 4) is 0 Å². The van der Waals surface area contributed by atoms with Crippen LogP contribution in [0.25, 0.3) is 0 Å². The Bertz CT molecular complexity index is 980. The third-order valence-electron chi connectivity index (χ3n) is 5.74. The number of imide groups is 1. The first kappa shape index (κ1) is 19.3. The van der Waals surface area contributed by atoms with Crippen LogP contribution in [0.4, 0.5) is 10.1 Å². The summed E-state index contributed by atoms with van der Waals surface area (Å²) in [4.78, 5) is 40.6. The molecule has 0 saturated carbocycles. The maximum atomic E-state index is 14.6. The standard InChI is InChI=1S/C22H21FN2O4/c1-3-29-21(28)22(2)17-16(18(24-22)14-11-7-8-12-15(14)23)19(26)25(20(17)27)13-9-5-4-6-10-13/h4-12,16-18,24H,3H2,1-2H3/t16-,17+,18-,22+/m0/s1. The van der Waals surface area contributed by atoms with Gasteiger partial charge in [-0.25, -0.2) is 9.29 Å². The van der Waals surface area contributed by atoms with Crippen LogP contribution in [0.15, 0.2) is 54.6 Å². The topological polar surface area (TPSA) is 75.7 Å². The Morgan fingerprint density at radius 2 is 1.76 bits per heavy atom. The quantitative estimate of drug-likeness (QED) is 0.635. The van der Waals surface area contributed by atoms with E-state index >= 15 is 0 Å². The first-order valence-electron chi connectivity index (χ1n) is 9.52. The van der Waals surface area contributed by atoms with Gasteiger partial charge < -0.3 is 4.74 Å². The van der Waals surface area contributed by atoms with Crippen molar-refractivity contribution < 1.29 is 23.5 Å². The molecule has 2 saturated heterocycles. The van der Waals surface area contributed by atoms with Gasteiger partial charge in [0.25, 0.3) is 0 Å². The zero-order chi connectivity index (χ0) is 20.8. The molecular weight excluding hydrogens is 375 g/mol. The lowest BCUT2D eigenvalue weighted by Gasteiger charge is -2.29. The fourth-order valence-electron chi connectivity index (χ4n) is 4.43. The minimum absolute atomic E-state index is 0.127. The molecule has 150 valence electrons. The zero-order valence-corrected chi connectivity index (χ0v) is 16.1. The fourth-order valence-corrected chi connectivity index (χ4v) is 4.43. The number of para-hydroxylation sites is 1. The molecule has 0 aromatic heterocycles. The molecule has 0 spiro atoms. The molecule has 0 bridgehead atoms. The van der Waals surface area contributed by atoms with Crippen LogP contribution in [0.1, 0.15) is 25.5 Å². The number of esters is 1. The average molecular weight is 396 g/mol. The number of fused-ring (bicyclic) bond motifs is 1. The molecule has 2 aliphatic heterocycles. The highest BCUT2D eigenvalue weighted by molar-refractivity contribution is 6.24. The van der Waals surface area contributed by atoms with Crippen molar-refractivity contribution in [2.24, 2.45) is 11.8 Å². The summed E-state index contributed by atoms with van der Waals surface area (Å²) in [5.41, 5.74) is -0.786. The SMILES string of the molecule is CCOC(=O)[C@]1(C)N[C@@H](c2ccccc2F)[C@H]2C(=O)N(c3ccccc3)C(=O)[C@@H]21. The summed E-state index contributed by atoms with van der Waals surface area (Å²) in [5.74, 6) is -4.01. The predicted octanol–water partition coefficient (Wildman–Crippen LogP) is 2.60. The molecule has 4 rings (SSSR count). The number of hydrogen-bond acceptors (Lipinski definition) is 5. The van der Waals surface area contributed by atoms with Gasteiger partial charge in [-0.2, -0.15) is 0 Å². The van der Waals surface area contributed by atoms with E-state index in [1.54, 1.807) is 62.4 Å². The summed E-state index contributed by atoms with van der Waals surface area (Å²) in [6.45, 7) is 3.34. The molecular formula is C22H21FN2O4. The number of ether oxygens (including phenoxy) is 1. The van der Waals surface area contributed by atoms with Crippen molar-refractivity contribution in [3.05, 3.63) is 66.0 Å². The first-order valence-corrected chi connectivity index (χ1v) is 9.52. The van der Waals surface area contributed by atoms with Crippen molar-refractivity contribution in [1.82, 2.24) is 5.32 Å². The lowest BCUT2D eigenvalue weighted by atomic mass is 9.80. The number of anilines is 1. The Morgan fingerprint density at radius 3 is 2.41 bits per heavy atom. The molecule has 6 nitrogen and oxygen atoms in total. The molecule has 29 heavy (non-hydrogen) atoms. The van der Waals surface area contributed by atoms with Crippen molar-refractivity contribution >= 4 is 23.5 Å². The second-order valence-corrected chi connectivity index (χ2v) is 7.42. The lowest BCUT2D eigenvalue weighted by Crippen LogP contribution is -2.54. The molecule has 2 heterocycles. The van der Waals surface area contributed by atoms with Crippen LogP contribution in [0.3, 0.4) is 0 Å². The van der Waals surface area contributed by atoms with Gasteiger partial charge in [-0.1, -0.05) is 36.4 Å². The average Bonchev–Trinajstić information content (AvgIpc) is 3.17. The molecule has 2 fully saturated rings. The molecule has 0 aliphatic carbocycles. The van der Waals surface area contributed by atoms with E-state index in [1.807, 2.05) is 0 Å². The van der Waals surface area contributed by atoms with Crippen LogP contribution in [-0.2, 0) is 19.1 Å². The van der Waals surface area contributed by atoms with Crippen LogP contribution in [-0.4, -0.2) is 29.9 Å². The Hall–Kier alpha value is -3.06. The minimum atomic E-state index is -1.45. The van der Waals surface area contributed by atoms with Crippen molar-refractivity contribution in [1.29, 1.82) is 0 Å². The van der Waals surface area contributed by atoms with Gasteiger partial charge in [0.2, 0.25) is 11.8 Å². The number of nitrogens with one attached hydrogen (secondary N) is 1. The Labute approximate surface area is 167 Å². The summed E-state index contributed by atoms with van der Waals surface area (Å²) in [6, 6.07) is 13.8. The van der Waals surface area contributed by atoms with Gasteiger partial charge in [-0.3, -0.25) is 19.7 Å². The molecule has 2 amide bonds. The largest absolute Gasteiger partial charge is 0.465 e. The fraction of sp³-hybridized carbons (Fsp3) is 0.318. The van der Waals surface area contributed by atoms with Crippen LogP contribution < -0.4 is 10.2 Å². The van der Waals surface area contributed by atoms with Gasteiger partial charge in [-0.05, 0) is 32.0 Å². The zero-order valence-electron chi connectivity index (χ0n) is 16.1. The van der Waals surface area contributed by atoms with E-state index < -0.39 is 47.0 Å². The number of carbonyl (C=O) groups is 3. The lowest BCUT2D eigenvalue weighted by molar-refractivity contribution is -0.153. The van der Waals surface area contributed by atoms with E-state index in [0.29, 0.717) is 5.69 Å². The Morgan fingerprint density at radius 1 is 1.10 bits per heavy atom. The van der Waals surface area contributed by atoms with Gasteiger partial charge in [0.1, 0.15) is 11.4 Å². The normalized spacial score (nSPS) is 28.5. The smallest absolute Gasteiger partial charge is 0.326 e. The maximum Gasteiger partial charge on any atom is 0.326 e.